The molecule has 0 aliphatic carbocycles. The van der Waals surface area contributed by atoms with Crippen molar-refractivity contribution in [1.82, 2.24) is 15.0 Å². The van der Waals surface area contributed by atoms with E-state index < -0.39 is 0 Å². The van der Waals surface area contributed by atoms with Crippen LogP contribution in [0.15, 0.2) is 0 Å². The third-order valence-corrected chi connectivity index (χ3v) is 2.23. The molecule has 0 saturated heterocycles. The summed E-state index contributed by atoms with van der Waals surface area (Å²) < 4.78 is 6.51. The van der Waals surface area contributed by atoms with E-state index >= 15 is 0 Å². The lowest BCUT2D eigenvalue weighted by Crippen LogP contribution is -2.18. The highest BCUT2D eigenvalue weighted by Gasteiger charge is 2.23. The van der Waals surface area contributed by atoms with E-state index in [1.807, 2.05) is 0 Å². The Labute approximate surface area is 77.7 Å². The van der Waals surface area contributed by atoms with Crippen LogP contribution in [0, 0.1) is 0 Å². The molecule has 0 fully saturated rings. The van der Waals surface area contributed by atoms with Gasteiger partial charge in [-0.25, -0.2) is 4.68 Å². The van der Waals surface area contributed by atoms with Crippen molar-refractivity contribution in [2.45, 2.75) is 26.0 Å². The zero-order valence-electron chi connectivity index (χ0n) is 7.06. The van der Waals surface area contributed by atoms with E-state index in [1.54, 1.807) is 4.68 Å². The molecular weight excluding hydrogens is 189 g/mol. The second-order valence-corrected chi connectivity index (χ2v) is 3.28. The first kappa shape index (κ1) is 8.78. The molecule has 0 saturated carbocycles. The fourth-order valence-corrected chi connectivity index (χ4v) is 1.65. The summed E-state index contributed by atoms with van der Waals surface area (Å²) in [6.07, 6.45) is 1.45. The molecule has 70 valence electrons. The summed E-state index contributed by atoms with van der Waals surface area (Å²) in [7, 11) is 2.14. The summed E-state index contributed by atoms with van der Waals surface area (Å²) in [5.74, 6) is 0.119. The number of fused-ring (bicyclic) bond motifs is 1. The Bertz CT molecular complexity index is 336. The molecule has 0 bridgehead atoms. The number of Topliss-reactive ketones (excluding diaryl/α,β-unsaturated/α-hetero) is 1. The largest absolute Gasteiger partial charge is 0.359 e. The topological polar surface area (TPSA) is 57.0 Å². The second kappa shape index (κ2) is 3.52. The van der Waals surface area contributed by atoms with Crippen LogP contribution in [0.25, 0.3) is 0 Å². The predicted molar refractivity (Wildman–Crippen MR) is 48.1 cm³/mol. The van der Waals surface area contributed by atoms with Gasteiger partial charge in [0.05, 0.1) is 6.61 Å². The van der Waals surface area contributed by atoms with Gasteiger partial charge in [0.25, 0.3) is 0 Å². The van der Waals surface area contributed by atoms with Gasteiger partial charge in [-0.3, -0.25) is 4.79 Å². The van der Waals surface area contributed by atoms with Gasteiger partial charge in [-0.15, -0.1) is 5.10 Å². The maximum atomic E-state index is 11.5. The van der Waals surface area contributed by atoms with E-state index in [0.29, 0.717) is 24.4 Å². The molecule has 0 radical (unpaired) electrons. The monoisotopic (exact) mass is 199 g/mol. The van der Waals surface area contributed by atoms with Gasteiger partial charge in [0.1, 0.15) is 11.4 Å². The summed E-state index contributed by atoms with van der Waals surface area (Å²) >= 11 is 0. The first-order valence-electron chi connectivity index (χ1n) is 4.10. The molecule has 0 spiro atoms. The molecule has 1 unspecified atom stereocenters. The summed E-state index contributed by atoms with van der Waals surface area (Å²) in [6, 6.07) is 0. The molecule has 1 aliphatic heterocycles. The molecule has 2 rings (SSSR count). The minimum atomic E-state index is 0.119. The SMILES string of the molecule is O=C1CCCn2nnc(COP)c21. The normalized spacial score (nSPS) is 15.9. The zero-order valence-corrected chi connectivity index (χ0v) is 8.22. The predicted octanol–water partition coefficient (Wildman–Crippen LogP) is 0.561. The molecule has 0 amide bonds. The molecular formula is C7H10N3O2P. The Morgan fingerprint density at radius 1 is 1.62 bits per heavy atom. The van der Waals surface area contributed by atoms with Gasteiger partial charge in [0.2, 0.25) is 0 Å². The number of hydrogen-bond donors (Lipinski definition) is 0. The van der Waals surface area contributed by atoms with Crippen LogP contribution in [0.3, 0.4) is 0 Å². The third-order valence-electron chi connectivity index (χ3n) is 2.06. The Balaban J connectivity index is 2.38. The van der Waals surface area contributed by atoms with Crippen molar-refractivity contribution in [3.8, 4) is 0 Å². The number of carbonyl (C=O) groups excluding carboxylic acids is 1. The fraction of sp³-hybridized carbons (Fsp3) is 0.571. The number of nitrogens with zero attached hydrogens (tertiary/aromatic N) is 3. The van der Waals surface area contributed by atoms with Crippen molar-refractivity contribution in [3.05, 3.63) is 11.4 Å². The average Bonchev–Trinajstić information content (AvgIpc) is 2.51. The number of ketones is 1. The van der Waals surface area contributed by atoms with Crippen LogP contribution >= 0.6 is 9.47 Å². The number of rotatable bonds is 2. The van der Waals surface area contributed by atoms with Crippen LogP contribution in [0.2, 0.25) is 0 Å². The molecule has 5 nitrogen and oxygen atoms in total. The molecule has 0 aromatic carbocycles. The van der Waals surface area contributed by atoms with Crippen molar-refractivity contribution in [3.63, 3.8) is 0 Å². The van der Waals surface area contributed by atoms with Crippen LogP contribution in [0.5, 0.6) is 0 Å². The molecule has 2 heterocycles. The maximum Gasteiger partial charge on any atom is 0.182 e. The zero-order chi connectivity index (χ0) is 9.26. The minimum Gasteiger partial charge on any atom is -0.359 e. The van der Waals surface area contributed by atoms with Crippen molar-refractivity contribution >= 4 is 15.2 Å². The van der Waals surface area contributed by atoms with E-state index in [4.69, 9.17) is 4.52 Å². The van der Waals surface area contributed by atoms with Gasteiger partial charge in [-0.05, 0) is 6.42 Å². The third kappa shape index (κ3) is 1.49. The van der Waals surface area contributed by atoms with Crippen LogP contribution in [-0.2, 0) is 17.7 Å². The Morgan fingerprint density at radius 3 is 3.23 bits per heavy atom. The van der Waals surface area contributed by atoms with Gasteiger partial charge in [-0.2, -0.15) is 0 Å². The quantitative estimate of drug-likeness (QED) is 0.653. The Kier molecular flexibility index (Phi) is 2.38. The summed E-state index contributed by atoms with van der Waals surface area (Å²) in [5.41, 5.74) is 1.26. The van der Waals surface area contributed by atoms with E-state index in [-0.39, 0.29) is 5.78 Å². The first-order chi connectivity index (χ1) is 6.33. The Morgan fingerprint density at radius 2 is 2.46 bits per heavy atom. The van der Waals surface area contributed by atoms with E-state index in [9.17, 15) is 4.79 Å². The lowest BCUT2D eigenvalue weighted by atomic mass is 10.1. The smallest absolute Gasteiger partial charge is 0.182 e. The molecule has 6 heteroatoms. The summed E-state index contributed by atoms with van der Waals surface area (Å²) in [5, 5.41) is 7.77. The Hall–Kier alpha value is -0.800. The van der Waals surface area contributed by atoms with Gasteiger partial charge < -0.3 is 4.52 Å². The maximum absolute atomic E-state index is 11.5. The van der Waals surface area contributed by atoms with Gasteiger partial charge >= 0.3 is 0 Å². The molecule has 1 aromatic rings. The first-order valence-corrected chi connectivity index (χ1v) is 4.57. The number of hydrogen-bond acceptors (Lipinski definition) is 4. The molecule has 1 aliphatic rings. The van der Waals surface area contributed by atoms with Gasteiger partial charge in [-0.1, -0.05) is 5.21 Å². The van der Waals surface area contributed by atoms with Crippen LogP contribution < -0.4 is 0 Å². The lowest BCUT2D eigenvalue weighted by Gasteiger charge is -2.11. The minimum absolute atomic E-state index is 0.119. The summed E-state index contributed by atoms with van der Waals surface area (Å²) in [4.78, 5) is 11.5. The second-order valence-electron chi connectivity index (χ2n) is 2.95. The van der Waals surface area contributed by atoms with E-state index in [2.05, 4.69) is 19.8 Å². The number of carbonyl (C=O) groups is 1. The highest BCUT2D eigenvalue weighted by Crippen LogP contribution is 2.17. The highest BCUT2D eigenvalue weighted by atomic mass is 31.0. The summed E-state index contributed by atoms with van der Waals surface area (Å²) in [6.45, 7) is 1.11. The fourth-order valence-electron chi connectivity index (χ4n) is 1.49. The van der Waals surface area contributed by atoms with Crippen molar-refractivity contribution in [2.24, 2.45) is 0 Å². The van der Waals surface area contributed by atoms with Gasteiger partial charge in [0, 0.05) is 22.4 Å². The van der Waals surface area contributed by atoms with Crippen LogP contribution in [-0.4, -0.2) is 20.8 Å². The van der Waals surface area contributed by atoms with Crippen molar-refractivity contribution < 1.29 is 9.32 Å². The molecule has 1 aromatic heterocycles. The van der Waals surface area contributed by atoms with Crippen molar-refractivity contribution in [2.75, 3.05) is 0 Å². The molecule has 1 atom stereocenters. The van der Waals surface area contributed by atoms with E-state index in [1.165, 1.54) is 0 Å². The lowest BCUT2D eigenvalue weighted by molar-refractivity contribution is 0.0949. The standard InChI is InChI=1S/C7H10N3O2P/c11-6-2-1-3-10-7(6)5(4-12-13)8-9-10/h1-4,13H2. The van der Waals surface area contributed by atoms with Crippen LogP contribution in [0.4, 0.5) is 0 Å². The van der Waals surface area contributed by atoms with Crippen LogP contribution in [0.1, 0.15) is 29.0 Å². The molecule has 13 heavy (non-hydrogen) atoms. The highest BCUT2D eigenvalue weighted by molar-refractivity contribution is 7.09. The number of aromatic nitrogens is 3. The van der Waals surface area contributed by atoms with Crippen molar-refractivity contribution in [1.29, 1.82) is 0 Å². The van der Waals surface area contributed by atoms with E-state index in [0.717, 1.165) is 13.0 Å². The van der Waals surface area contributed by atoms with Gasteiger partial charge in [0.15, 0.2) is 5.78 Å². The molecule has 0 N–H and O–H groups in total. The average molecular weight is 199 g/mol. The number of aryl methyl sites for hydroxylation is 1.